The molecule has 0 bridgehead atoms. The number of hydrogen-bond donors (Lipinski definition) is 2. The van der Waals surface area contributed by atoms with Crippen molar-refractivity contribution in [2.75, 3.05) is 6.54 Å². The van der Waals surface area contributed by atoms with Crippen LogP contribution in [-0.2, 0) is 6.42 Å². The summed E-state index contributed by atoms with van der Waals surface area (Å²) in [5, 5.41) is 2.31. The molecule has 15 heavy (non-hydrogen) atoms. The average Bonchev–Trinajstić information content (AvgIpc) is 2.64. The van der Waals surface area contributed by atoms with Gasteiger partial charge < -0.3 is 9.73 Å². The first-order chi connectivity index (χ1) is 7.25. The fraction of sp³-hybridized carbons (Fsp3) is 0.200. The first kappa shape index (κ1) is 10.0. The van der Waals surface area contributed by atoms with E-state index in [-0.39, 0.29) is 5.24 Å². The van der Waals surface area contributed by atoms with E-state index in [1.54, 1.807) is 0 Å². The Morgan fingerprint density at radius 2 is 2.40 bits per heavy atom. The lowest BCUT2D eigenvalue weighted by molar-refractivity contribution is 0.261. The van der Waals surface area contributed by atoms with Crippen LogP contribution in [0.2, 0.25) is 0 Å². The zero-order valence-corrected chi connectivity index (χ0v) is 8.83. The third-order valence-electron chi connectivity index (χ3n) is 2.09. The topological polar surface area (TPSA) is 55.1 Å². The van der Waals surface area contributed by atoms with Crippen LogP contribution in [0.25, 0.3) is 11.1 Å². The molecule has 1 heterocycles. The fourth-order valence-corrected chi connectivity index (χ4v) is 1.48. The molecule has 1 amide bonds. The zero-order chi connectivity index (χ0) is 10.7. The molecular weight excluding hydrogens is 212 g/mol. The highest BCUT2D eigenvalue weighted by Gasteiger charge is 2.00. The number of nitrogens with zero attached hydrogens (tertiary/aromatic N) is 1. The van der Waals surface area contributed by atoms with E-state index in [1.165, 1.54) is 6.39 Å². The van der Waals surface area contributed by atoms with Gasteiger partial charge in [-0.2, -0.15) is 0 Å². The van der Waals surface area contributed by atoms with Crippen molar-refractivity contribution in [1.82, 2.24) is 10.3 Å². The van der Waals surface area contributed by atoms with Crippen molar-refractivity contribution in [3.8, 4) is 0 Å². The maximum absolute atomic E-state index is 10.5. The molecule has 0 atom stereocenters. The number of benzene rings is 1. The minimum Gasteiger partial charge on any atom is -0.443 e. The molecule has 1 N–H and O–H groups in total. The van der Waals surface area contributed by atoms with Gasteiger partial charge in [0.15, 0.2) is 12.0 Å². The molecule has 0 aliphatic rings. The highest BCUT2D eigenvalue weighted by molar-refractivity contribution is 7.96. The molecule has 2 rings (SSSR count). The van der Waals surface area contributed by atoms with E-state index in [4.69, 9.17) is 4.42 Å². The van der Waals surface area contributed by atoms with Crippen molar-refractivity contribution in [3.05, 3.63) is 30.2 Å². The van der Waals surface area contributed by atoms with E-state index < -0.39 is 0 Å². The van der Waals surface area contributed by atoms with E-state index in [9.17, 15) is 4.79 Å². The average molecular weight is 222 g/mol. The second-order valence-electron chi connectivity index (χ2n) is 3.14. The number of rotatable bonds is 3. The highest BCUT2D eigenvalue weighted by Crippen LogP contribution is 2.14. The molecule has 78 valence electrons. The Morgan fingerprint density at radius 1 is 1.53 bits per heavy atom. The predicted molar refractivity (Wildman–Crippen MR) is 60.1 cm³/mol. The Bertz CT molecular complexity index is 481. The van der Waals surface area contributed by atoms with Gasteiger partial charge in [-0.3, -0.25) is 4.79 Å². The van der Waals surface area contributed by atoms with E-state index in [0.717, 1.165) is 23.1 Å². The summed E-state index contributed by atoms with van der Waals surface area (Å²) in [5.41, 5.74) is 2.71. The quantitative estimate of drug-likeness (QED) is 0.781. The second-order valence-corrected chi connectivity index (χ2v) is 3.54. The van der Waals surface area contributed by atoms with Crippen LogP contribution in [0, 0.1) is 0 Å². The Hall–Kier alpha value is -1.49. The Labute approximate surface area is 92.1 Å². The largest absolute Gasteiger partial charge is 0.443 e. The number of carbonyl (C=O) groups is 1. The number of thiol groups is 1. The minimum atomic E-state index is -0.309. The minimum absolute atomic E-state index is 0.309. The number of aromatic nitrogens is 1. The lowest BCUT2D eigenvalue weighted by Crippen LogP contribution is -2.19. The summed E-state index contributed by atoms with van der Waals surface area (Å²) in [6.07, 6.45) is 2.17. The Morgan fingerprint density at radius 3 is 3.20 bits per heavy atom. The van der Waals surface area contributed by atoms with Crippen molar-refractivity contribution < 1.29 is 9.21 Å². The molecule has 0 fully saturated rings. The molecular formula is C10H10N2O2S. The third-order valence-corrected chi connectivity index (χ3v) is 2.24. The molecule has 0 radical (unpaired) electrons. The van der Waals surface area contributed by atoms with Crippen LogP contribution >= 0.6 is 12.6 Å². The normalized spacial score (nSPS) is 10.5. The van der Waals surface area contributed by atoms with Crippen LogP contribution in [0.5, 0.6) is 0 Å². The first-order valence-electron chi connectivity index (χ1n) is 4.54. The number of carbonyl (C=O) groups excluding carboxylic acids is 1. The molecule has 1 aromatic heterocycles. The van der Waals surface area contributed by atoms with E-state index in [0.29, 0.717) is 6.54 Å². The molecule has 0 aliphatic carbocycles. The van der Waals surface area contributed by atoms with Crippen LogP contribution < -0.4 is 5.32 Å². The number of amides is 1. The monoisotopic (exact) mass is 222 g/mol. The number of fused-ring (bicyclic) bond motifs is 1. The van der Waals surface area contributed by atoms with Gasteiger partial charge in [0.1, 0.15) is 5.52 Å². The maximum Gasteiger partial charge on any atom is 0.275 e. The van der Waals surface area contributed by atoms with Gasteiger partial charge in [0.2, 0.25) is 0 Å². The van der Waals surface area contributed by atoms with Gasteiger partial charge in [-0.15, -0.1) is 0 Å². The van der Waals surface area contributed by atoms with Crippen LogP contribution in [0.1, 0.15) is 5.56 Å². The van der Waals surface area contributed by atoms with E-state index in [1.807, 2.05) is 18.2 Å². The molecule has 0 unspecified atom stereocenters. The molecule has 0 spiro atoms. The van der Waals surface area contributed by atoms with E-state index in [2.05, 4.69) is 22.9 Å². The summed E-state index contributed by atoms with van der Waals surface area (Å²) in [4.78, 5) is 14.5. The summed E-state index contributed by atoms with van der Waals surface area (Å²) in [7, 11) is 0. The Balaban J connectivity index is 2.04. The van der Waals surface area contributed by atoms with Gasteiger partial charge in [-0.1, -0.05) is 18.7 Å². The van der Waals surface area contributed by atoms with Gasteiger partial charge in [-0.25, -0.2) is 4.98 Å². The van der Waals surface area contributed by atoms with Gasteiger partial charge in [0.25, 0.3) is 5.24 Å². The number of hydrogen-bond acceptors (Lipinski definition) is 3. The van der Waals surface area contributed by atoms with E-state index >= 15 is 0 Å². The highest BCUT2D eigenvalue weighted by atomic mass is 32.1. The number of nitrogens with one attached hydrogen (secondary N) is 1. The van der Waals surface area contributed by atoms with Crippen molar-refractivity contribution in [2.45, 2.75) is 6.42 Å². The Kier molecular flexibility index (Phi) is 2.91. The van der Waals surface area contributed by atoms with Crippen molar-refractivity contribution >= 4 is 29.0 Å². The van der Waals surface area contributed by atoms with Gasteiger partial charge >= 0.3 is 0 Å². The summed E-state index contributed by atoms with van der Waals surface area (Å²) in [6, 6.07) is 5.79. The predicted octanol–water partition coefficient (Wildman–Crippen LogP) is 2.01. The number of oxazole rings is 1. The van der Waals surface area contributed by atoms with Crippen molar-refractivity contribution in [3.63, 3.8) is 0 Å². The van der Waals surface area contributed by atoms with Gasteiger partial charge in [0.05, 0.1) is 0 Å². The lowest BCUT2D eigenvalue weighted by atomic mass is 10.1. The standard InChI is InChI=1S/C10H10N2O2S/c13-10(15)11-4-3-7-1-2-8-9(5-7)14-6-12-8/h1-2,5-6H,3-4H2,(H2,11,13,15). The molecule has 4 nitrogen and oxygen atoms in total. The molecule has 0 aliphatic heterocycles. The third kappa shape index (κ3) is 2.50. The van der Waals surface area contributed by atoms with Gasteiger partial charge in [-0.05, 0) is 24.1 Å². The van der Waals surface area contributed by atoms with Gasteiger partial charge in [0, 0.05) is 6.54 Å². The first-order valence-corrected chi connectivity index (χ1v) is 4.99. The maximum atomic E-state index is 10.5. The smallest absolute Gasteiger partial charge is 0.275 e. The molecule has 1 aromatic carbocycles. The molecule has 5 heteroatoms. The molecule has 0 saturated heterocycles. The molecule has 0 saturated carbocycles. The second kappa shape index (κ2) is 4.35. The lowest BCUT2D eigenvalue weighted by Gasteiger charge is -2.01. The van der Waals surface area contributed by atoms with Crippen LogP contribution in [0.4, 0.5) is 4.79 Å². The van der Waals surface area contributed by atoms with Crippen LogP contribution in [0.15, 0.2) is 29.0 Å². The summed E-state index contributed by atoms with van der Waals surface area (Å²) in [5.74, 6) is 0. The summed E-state index contributed by atoms with van der Waals surface area (Å²) < 4.78 is 5.17. The molecule has 2 aromatic rings. The van der Waals surface area contributed by atoms with Crippen molar-refractivity contribution in [2.24, 2.45) is 0 Å². The summed E-state index contributed by atoms with van der Waals surface area (Å²) >= 11 is 3.61. The zero-order valence-electron chi connectivity index (χ0n) is 7.93. The van der Waals surface area contributed by atoms with Crippen molar-refractivity contribution in [1.29, 1.82) is 0 Å². The summed E-state index contributed by atoms with van der Waals surface area (Å²) in [6.45, 7) is 0.571. The van der Waals surface area contributed by atoms with Crippen LogP contribution in [-0.4, -0.2) is 16.8 Å². The SMILES string of the molecule is O=C(S)NCCc1ccc2ncoc2c1. The van der Waals surface area contributed by atoms with Crippen LogP contribution in [0.3, 0.4) is 0 Å². The fourth-order valence-electron chi connectivity index (χ4n) is 1.37.